The predicted octanol–water partition coefficient (Wildman–Crippen LogP) is 3.14. The van der Waals surface area contributed by atoms with Crippen molar-refractivity contribution in [2.75, 3.05) is 17.5 Å². The molecule has 2 aromatic rings. The van der Waals surface area contributed by atoms with Gasteiger partial charge in [-0.3, -0.25) is 4.31 Å². The Morgan fingerprint density at radius 3 is 2.60 bits per heavy atom. The molecule has 1 aliphatic rings. The van der Waals surface area contributed by atoms with E-state index in [9.17, 15) is 17.6 Å². The van der Waals surface area contributed by atoms with Crippen LogP contribution in [0, 0.1) is 5.82 Å². The molecular formula is C18H18FNO4S. The lowest BCUT2D eigenvalue weighted by molar-refractivity contribution is 0.0526. The summed E-state index contributed by atoms with van der Waals surface area (Å²) in [4.78, 5) is 11.7. The summed E-state index contributed by atoms with van der Waals surface area (Å²) in [6.45, 7) is 2.15. The number of benzene rings is 2. The van der Waals surface area contributed by atoms with Crippen molar-refractivity contribution in [3.05, 3.63) is 59.4 Å². The van der Waals surface area contributed by atoms with Gasteiger partial charge in [-0.2, -0.15) is 0 Å². The number of ether oxygens (including phenoxy) is 1. The van der Waals surface area contributed by atoms with Crippen molar-refractivity contribution in [1.82, 2.24) is 0 Å². The highest BCUT2D eigenvalue weighted by molar-refractivity contribution is 7.92. The molecule has 0 N–H and O–H groups in total. The summed E-state index contributed by atoms with van der Waals surface area (Å²) < 4.78 is 46.2. The Morgan fingerprint density at radius 1 is 1.20 bits per heavy atom. The van der Waals surface area contributed by atoms with Gasteiger partial charge >= 0.3 is 5.97 Å². The Hall–Kier alpha value is -2.41. The van der Waals surface area contributed by atoms with Crippen LogP contribution in [-0.2, 0) is 21.2 Å². The van der Waals surface area contributed by atoms with Crippen LogP contribution in [0.3, 0.4) is 0 Å². The summed E-state index contributed by atoms with van der Waals surface area (Å²) in [5, 5.41) is 0. The van der Waals surface area contributed by atoms with Crippen LogP contribution in [0.5, 0.6) is 0 Å². The van der Waals surface area contributed by atoms with E-state index in [1.807, 2.05) is 0 Å². The lowest BCUT2D eigenvalue weighted by Crippen LogP contribution is -2.36. The molecule has 3 rings (SSSR count). The third-order valence-corrected chi connectivity index (χ3v) is 5.89. The maximum absolute atomic E-state index is 14.3. The number of carbonyl (C=O) groups is 1. The lowest BCUT2D eigenvalue weighted by Gasteiger charge is -2.30. The van der Waals surface area contributed by atoms with Gasteiger partial charge in [-0.25, -0.2) is 17.6 Å². The molecule has 0 aromatic heterocycles. The molecule has 0 amide bonds. The standard InChI is InChI=1S/C18H18FNO4S/c1-2-24-18(21)14-8-10-15(11-9-14)25(22,23)20-12-4-6-13-5-3-7-16(19)17(13)20/h3,5,7-11H,2,4,6,12H2,1H3. The fraction of sp³-hybridized carbons (Fsp3) is 0.278. The molecule has 7 heteroatoms. The number of halogens is 1. The lowest BCUT2D eigenvalue weighted by atomic mass is 10.0. The van der Waals surface area contributed by atoms with E-state index in [0.717, 1.165) is 4.31 Å². The molecule has 0 unspecified atom stereocenters. The van der Waals surface area contributed by atoms with Crippen molar-refractivity contribution < 1.29 is 22.3 Å². The first-order chi connectivity index (χ1) is 11.9. The monoisotopic (exact) mass is 363 g/mol. The third-order valence-electron chi connectivity index (χ3n) is 4.08. The zero-order chi connectivity index (χ0) is 18.0. The minimum absolute atomic E-state index is 0.0108. The normalized spacial score (nSPS) is 14.1. The van der Waals surface area contributed by atoms with E-state index >= 15 is 0 Å². The number of sulfonamides is 1. The molecule has 0 atom stereocenters. The summed E-state index contributed by atoms with van der Waals surface area (Å²) >= 11 is 0. The van der Waals surface area contributed by atoms with Gasteiger partial charge in [-0.1, -0.05) is 12.1 Å². The van der Waals surface area contributed by atoms with E-state index in [4.69, 9.17) is 4.74 Å². The molecule has 0 radical (unpaired) electrons. The number of nitrogens with zero attached hydrogens (tertiary/aromatic N) is 1. The van der Waals surface area contributed by atoms with E-state index in [2.05, 4.69) is 0 Å². The van der Waals surface area contributed by atoms with E-state index in [1.54, 1.807) is 19.1 Å². The van der Waals surface area contributed by atoms with Crippen molar-refractivity contribution in [3.63, 3.8) is 0 Å². The molecule has 132 valence electrons. The molecule has 0 saturated carbocycles. The maximum atomic E-state index is 14.3. The topological polar surface area (TPSA) is 63.7 Å². The maximum Gasteiger partial charge on any atom is 0.338 e. The average molecular weight is 363 g/mol. The highest BCUT2D eigenvalue weighted by Gasteiger charge is 2.31. The van der Waals surface area contributed by atoms with Crippen LogP contribution in [0.25, 0.3) is 0 Å². The van der Waals surface area contributed by atoms with Gasteiger partial charge in [0.1, 0.15) is 5.82 Å². The van der Waals surface area contributed by atoms with Crippen LogP contribution in [0.2, 0.25) is 0 Å². The minimum Gasteiger partial charge on any atom is -0.462 e. The van der Waals surface area contributed by atoms with Gasteiger partial charge in [0.15, 0.2) is 0 Å². The van der Waals surface area contributed by atoms with Crippen LogP contribution in [0.1, 0.15) is 29.3 Å². The Balaban J connectivity index is 1.97. The van der Waals surface area contributed by atoms with E-state index in [1.165, 1.54) is 30.3 Å². The molecule has 0 fully saturated rings. The number of hydrogen-bond donors (Lipinski definition) is 0. The smallest absolute Gasteiger partial charge is 0.338 e. The molecule has 2 aromatic carbocycles. The number of aryl methyl sites for hydroxylation is 1. The zero-order valence-electron chi connectivity index (χ0n) is 13.7. The number of fused-ring (bicyclic) bond motifs is 1. The van der Waals surface area contributed by atoms with E-state index in [0.29, 0.717) is 18.4 Å². The number of esters is 1. The molecule has 1 heterocycles. The second kappa shape index (κ2) is 6.84. The number of anilines is 1. The van der Waals surface area contributed by atoms with Crippen LogP contribution in [0.15, 0.2) is 47.4 Å². The highest BCUT2D eigenvalue weighted by Crippen LogP contribution is 2.34. The Kier molecular flexibility index (Phi) is 4.76. The summed E-state index contributed by atoms with van der Waals surface area (Å²) in [5.74, 6) is -1.07. The van der Waals surface area contributed by atoms with Crippen LogP contribution in [0.4, 0.5) is 10.1 Å². The van der Waals surface area contributed by atoms with Crippen LogP contribution in [-0.4, -0.2) is 27.5 Å². The van der Waals surface area contributed by atoms with Gasteiger partial charge in [0.2, 0.25) is 0 Å². The fourth-order valence-electron chi connectivity index (χ4n) is 2.91. The summed E-state index contributed by atoms with van der Waals surface area (Å²) in [6.07, 6.45) is 1.26. The first kappa shape index (κ1) is 17.4. The van der Waals surface area contributed by atoms with Gasteiger partial charge in [0, 0.05) is 6.54 Å². The van der Waals surface area contributed by atoms with Crippen LogP contribution >= 0.6 is 0 Å². The van der Waals surface area contributed by atoms with Gasteiger partial charge in [-0.15, -0.1) is 0 Å². The Bertz CT molecular complexity index is 894. The highest BCUT2D eigenvalue weighted by atomic mass is 32.2. The molecule has 0 bridgehead atoms. The largest absolute Gasteiger partial charge is 0.462 e. The molecular weight excluding hydrogens is 345 g/mol. The average Bonchev–Trinajstić information content (AvgIpc) is 2.62. The first-order valence-electron chi connectivity index (χ1n) is 8.02. The molecule has 1 aliphatic heterocycles. The summed E-state index contributed by atoms with van der Waals surface area (Å²) in [7, 11) is -3.91. The number of hydrogen-bond acceptors (Lipinski definition) is 4. The number of para-hydroxylation sites is 1. The third kappa shape index (κ3) is 3.24. The van der Waals surface area contributed by atoms with Crippen LogP contribution < -0.4 is 4.31 Å². The zero-order valence-corrected chi connectivity index (χ0v) is 14.6. The number of rotatable bonds is 4. The fourth-order valence-corrected chi connectivity index (χ4v) is 4.46. The molecule has 0 aliphatic carbocycles. The quantitative estimate of drug-likeness (QED) is 0.783. The summed E-state index contributed by atoms with van der Waals surface area (Å²) in [6, 6.07) is 10.1. The second-order valence-corrected chi connectivity index (χ2v) is 7.54. The molecule has 5 nitrogen and oxygen atoms in total. The predicted molar refractivity (Wildman–Crippen MR) is 91.7 cm³/mol. The van der Waals surface area contributed by atoms with Crippen molar-refractivity contribution in [2.45, 2.75) is 24.7 Å². The van der Waals surface area contributed by atoms with Crippen molar-refractivity contribution in [2.24, 2.45) is 0 Å². The SMILES string of the molecule is CCOC(=O)c1ccc(S(=O)(=O)N2CCCc3cccc(F)c32)cc1. The molecule has 25 heavy (non-hydrogen) atoms. The van der Waals surface area contributed by atoms with Crippen molar-refractivity contribution >= 4 is 21.7 Å². The first-order valence-corrected chi connectivity index (χ1v) is 9.46. The molecule has 0 saturated heterocycles. The van der Waals surface area contributed by atoms with E-state index < -0.39 is 21.8 Å². The van der Waals surface area contributed by atoms with Gasteiger partial charge in [-0.05, 0) is 55.7 Å². The molecule has 0 spiro atoms. The van der Waals surface area contributed by atoms with Gasteiger partial charge in [0.05, 0.1) is 22.8 Å². The number of carbonyl (C=O) groups excluding carboxylic acids is 1. The van der Waals surface area contributed by atoms with Gasteiger partial charge in [0.25, 0.3) is 10.0 Å². The second-order valence-electron chi connectivity index (χ2n) is 5.67. The van der Waals surface area contributed by atoms with Crippen molar-refractivity contribution in [1.29, 1.82) is 0 Å². The van der Waals surface area contributed by atoms with Crippen molar-refractivity contribution in [3.8, 4) is 0 Å². The Morgan fingerprint density at radius 2 is 1.92 bits per heavy atom. The van der Waals surface area contributed by atoms with E-state index in [-0.39, 0.29) is 29.3 Å². The van der Waals surface area contributed by atoms with Gasteiger partial charge < -0.3 is 4.74 Å². The summed E-state index contributed by atoms with van der Waals surface area (Å²) in [5.41, 5.74) is 1.06. The Labute approximate surface area is 146 Å². The minimum atomic E-state index is -3.91.